The molecule has 1 rings (SSSR count). The fourth-order valence-corrected chi connectivity index (χ4v) is 1.14. The number of hydrogen-bond donors (Lipinski definition) is 0. The number of halogens is 1. The second kappa shape index (κ2) is 5.61. The first kappa shape index (κ1) is 12.6. The summed E-state index contributed by atoms with van der Waals surface area (Å²) >= 11 is 5.61. The summed E-state index contributed by atoms with van der Waals surface area (Å²) in [5, 5.41) is -0.727. The highest BCUT2D eigenvalue weighted by Crippen LogP contribution is 2.37. The Hall–Kier alpha value is -1.42. The maximum absolute atomic E-state index is 11.4. The zero-order chi connectivity index (χ0) is 12.1. The summed E-state index contributed by atoms with van der Waals surface area (Å²) in [6, 6.07) is 5.08. The first-order valence-corrected chi connectivity index (χ1v) is 5.10. The van der Waals surface area contributed by atoms with Crippen molar-refractivity contribution in [2.75, 3.05) is 14.2 Å². The first-order chi connectivity index (χ1) is 7.60. The molecule has 16 heavy (non-hydrogen) atoms. The van der Waals surface area contributed by atoms with Crippen molar-refractivity contribution in [1.82, 2.24) is 0 Å². The summed E-state index contributed by atoms with van der Waals surface area (Å²) in [6.07, 6.45) is 0. The van der Waals surface area contributed by atoms with E-state index in [2.05, 4.69) is 0 Å². The molecule has 0 aliphatic rings. The number of alkyl halides is 1. The van der Waals surface area contributed by atoms with Gasteiger partial charge < -0.3 is 14.2 Å². The van der Waals surface area contributed by atoms with Gasteiger partial charge in [-0.15, -0.1) is 11.6 Å². The standard InChI is InChI=1S/C11H13ClO4/c1-7(12)11(13)16-10-8(14-2)5-4-6-9(10)15-3/h4-7H,1-3H3. The first-order valence-electron chi connectivity index (χ1n) is 4.67. The molecule has 88 valence electrons. The molecular formula is C11H13ClO4. The fraction of sp³-hybridized carbons (Fsp3) is 0.364. The fourth-order valence-electron chi connectivity index (χ4n) is 1.10. The van der Waals surface area contributed by atoms with Crippen LogP contribution < -0.4 is 14.2 Å². The Morgan fingerprint density at radius 1 is 1.25 bits per heavy atom. The summed E-state index contributed by atoms with van der Waals surface area (Å²) in [4.78, 5) is 11.4. The van der Waals surface area contributed by atoms with Gasteiger partial charge in [0.15, 0.2) is 11.5 Å². The third kappa shape index (κ3) is 2.79. The Morgan fingerprint density at radius 3 is 2.12 bits per heavy atom. The number of rotatable bonds is 4. The minimum Gasteiger partial charge on any atom is -0.493 e. The van der Waals surface area contributed by atoms with Gasteiger partial charge in [0.05, 0.1) is 14.2 Å². The number of methoxy groups -OCH3 is 2. The van der Waals surface area contributed by atoms with E-state index in [9.17, 15) is 4.79 Å². The second-order valence-corrected chi connectivity index (χ2v) is 3.68. The van der Waals surface area contributed by atoms with Gasteiger partial charge in [-0.3, -0.25) is 4.79 Å². The Kier molecular flexibility index (Phi) is 4.43. The maximum Gasteiger partial charge on any atom is 0.329 e. The molecule has 0 radical (unpaired) electrons. The Balaban J connectivity index is 3.04. The van der Waals surface area contributed by atoms with E-state index in [4.69, 9.17) is 25.8 Å². The quantitative estimate of drug-likeness (QED) is 0.463. The van der Waals surface area contributed by atoms with Crippen molar-refractivity contribution in [3.05, 3.63) is 18.2 Å². The Morgan fingerprint density at radius 2 is 1.75 bits per heavy atom. The summed E-state index contributed by atoms with van der Waals surface area (Å²) < 4.78 is 15.2. The predicted octanol–water partition coefficient (Wildman–Crippen LogP) is 2.24. The lowest BCUT2D eigenvalue weighted by Crippen LogP contribution is -2.18. The van der Waals surface area contributed by atoms with E-state index < -0.39 is 11.3 Å². The molecule has 1 unspecified atom stereocenters. The van der Waals surface area contributed by atoms with E-state index in [-0.39, 0.29) is 5.75 Å². The van der Waals surface area contributed by atoms with Gasteiger partial charge in [-0.05, 0) is 19.1 Å². The van der Waals surface area contributed by atoms with E-state index in [0.717, 1.165) is 0 Å². The van der Waals surface area contributed by atoms with Crippen LogP contribution in [0, 0.1) is 0 Å². The van der Waals surface area contributed by atoms with Crippen LogP contribution in [0.5, 0.6) is 17.2 Å². The van der Waals surface area contributed by atoms with Crippen LogP contribution in [-0.4, -0.2) is 25.6 Å². The molecule has 0 N–H and O–H groups in total. The summed E-state index contributed by atoms with van der Waals surface area (Å²) in [5.41, 5.74) is 0. The number of carbonyl (C=O) groups excluding carboxylic acids is 1. The maximum atomic E-state index is 11.4. The van der Waals surface area contributed by atoms with Crippen LogP contribution in [0.1, 0.15) is 6.92 Å². The number of hydrogen-bond acceptors (Lipinski definition) is 4. The molecule has 4 nitrogen and oxygen atoms in total. The highest BCUT2D eigenvalue weighted by Gasteiger charge is 2.18. The molecule has 0 aromatic heterocycles. The van der Waals surface area contributed by atoms with Crippen molar-refractivity contribution in [2.24, 2.45) is 0 Å². The van der Waals surface area contributed by atoms with Crippen LogP contribution in [0.25, 0.3) is 0 Å². The van der Waals surface area contributed by atoms with Crippen molar-refractivity contribution in [3.63, 3.8) is 0 Å². The monoisotopic (exact) mass is 244 g/mol. The molecule has 0 aliphatic heterocycles. The smallest absolute Gasteiger partial charge is 0.329 e. The molecular weight excluding hydrogens is 232 g/mol. The van der Waals surface area contributed by atoms with Gasteiger partial charge in [0.25, 0.3) is 0 Å². The van der Waals surface area contributed by atoms with Gasteiger partial charge in [-0.25, -0.2) is 0 Å². The number of carbonyl (C=O) groups is 1. The minimum atomic E-state index is -0.727. The van der Waals surface area contributed by atoms with Gasteiger partial charge >= 0.3 is 5.97 Å². The SMILES string of the molecule is COc1cccc(OC)c1OC(=O)C(C)Cl. The lowest BCUT2D eigenvalue weighted by atomic mass is 10.3. The van der Waals surface area contributed by atoms with E-state index in [1.54, 1.807) is 18.2 Å². The minimum absolute atomic E-state index is 0.241. The van der Waals surface area contributed by atoms with E-state index in [0.29, 0.717) is 11.5 Å². The van der Waals surface area contributed by atoms with Crippen LogP contribution in [0.15, 0.2) is 18.2 Å². The average molecular weight is 245 g/mol. The Labute approximate surface area is 99.1 Å². The molecule has 0 heterocycles. The van der Waals surface area contributed by atoms with Gasteiger partial charge in [-0.1, -0.05) is 6.07 Å². The third-order valence-electron chi connectivity index (χ3n) is 1.91. The van der Waals surface area contributed by atoms with E-state index in [1.807, 2.05) is 0 Å². The normalized spacial score (nSPS) is 11.8. The number of ether oxygens (including phenoxy) is 3. The molecule has 5 heteroatoms. The molecule has 0 bridgehead atoms. The molecule has 0 aliphatic carbocycles. The molecule has 1 aromatic rings. The average Bonchev–Trinajstić information content (AvgIpc) is 2.29. The molecule has 1 aromatic carbocycles. The van der Waals surface area contributed by atoms with Crippen molar-refractivity contribution < 1.29 is 19.0 Å². The summed E-state index contributed by atoms with van der Waals surface area (Å²) in [5.74, 6) is 0.532. The molecule has 0 fully saturated rings. The Bertz CT molecular complexity index is 354. The van der Waals surface area contributed by atoms with Crippen molar-refractivity contribution >= 4 is 17.6 Å². The van der Waals surface area contributed by atoms with Crippen LogP contribution in [0.4, 0.5) is 0 Å². The molecule has 0 saturated heterocycles. The van der Waals surface area contributed by atoms with Crippen molar-refractivity contribution in [2.45, 2.75) is 12.3 Å². The molecule has 1 atom stereocenters. The summed E-state index contributed by atoms with van der Waals surface area (Å²) in [7, 11) is 2.96. The van der Waals surface area contributed by atoms with Crippen molar-refractivity contribution in [1.29, 1.82) is 0 Å². The van der Waals surface area contributed by atoms with E-state index >= 15 is 0 Å². The molecule has 0 spiro atoms. The van der Waals surface area contributed by atoms with Crippen LogP contribution in [-0.2, 0) is 4.79 Å². The number of benzene rings is 1. The lowest BCUT2D eigenvalue weighted by Gasteiger charge is -2.13. The van der Waals surface area contributed by atoms with E-state index in [1.165, 1.54) is 21.1 Å². The van der Waals surface area contributed by atoms with Crippen LogP contribution >= 0.6 is 11.6 Å². The summed E-state index contributed by atoms with van der Waals surface area (Å²) in [6.45, 7) is 1.53. The number of para-hydroxylation sites is 1. The molecule has 0 saturated carbocycles. The second-order valence-electron chi connectivity index (χ2n) is 3.03. The zero-order valence-corrected chi connectivity index (χ0v) is 10.1. The van der Waals surface area contributed by atoms with Gasteiger partial charge in [0.2, 0.25) is 5.75 Å². The molecule has 0 amide bonds. The topological polar surface area (TPSA) is 44.8 Å². The zero-order valence-electron chi connectivity index (χ0n) is 9.32. The third-order valence-corrected chi connectivity index (χ3v) is 2.09. The largest absolute Gasteiger partial charge is 0.493 e. The highest BCUT2D eigenvalue weighted by atomic mass is 35.5. The highest BCUT2D eigenvalue weighted by molar-refractivity contribution is 6.29. The van der Waals surface area contributed by atoms with Gasteiger partial charge in [0, 0.05) is 0 Å². The van der Waals surface area contributed by atoms with Gasteiger partial charge in [0.1, 0.15) is 5.38 Å². The predicted molar refractivity (Wildman–Crippen MR) is 60.5 cm³/mol. The van der Waals surface area contributed by atoms with Crippen molar-refractivity contribution in [3.8, 4) is 17.2 Å². The van der Waals surface area contributed by atoms with Crippen LogP contribution in [0.2, 0.25) is 0 Å². The van der Waals surface area contributed by atoms with Gasteiger partial charge in [-0.2, -0.15) is 0 Å². The number of esters is 1. The lowest BCUT2D eigenvalue weighted by molar-refractivity contribution is -0.133. The van der Waals surface area contributed by atoms with Crippen LogP contribution in [0.3, 0.4) is 0 Å².